The minimum absolute atomic E-state index is 0.283. The third-order valence-corrected chi connectivity index (χ3v) is 3.86. The number of nitrogens with zero attached hydrogens (tertiary/aromatic N) is 1. The second-order valence-corrected chi connectivity index (χ2v) is 5.76. The average Bonchev–Trinajstić information content (AvgIpc) is 2.89. The summed E-state index contributed by atoms with van der Waals surface area (Å²) in [6, 6.07) is 14.1. The molecular weight excluding hydrogens is 335 g/mol. The summed E-state index contributed by atoms with van der Waals surface area (Å²) >= 11 is 11.9. The highest BCUT2D eigenvalue weighted by Gasteiger charge is 2.19. The largest absolute Gasteiger partial charge is 0.354 e. The highest BCUT2D eigenvalue weighted by atomic mass is 35.5. The summed E-state index contributed by atoms with van der Waals surface area (Å²) in [6.07, 6.45) is 0. The molecule has 0 saturated carbocycles. The third-order valence-electron chi connectivity index (χ3n) is 3.31. The molecule has 1 heterocycles. The van der Waals surface area contributed by atoms with E-state index in [4.69, 9.17) is 27.7 Å². The van der Waals surface area contributed by atoms with E-state index in [0.717, 1.165) is 5.56 Å². The van der Waals surface area contributed by atoms with Crippen molar-refractivity contribution in [1.82, 2.24) is 5.16 Å². The second kappa shape index (κ2) is 6.44. The molecule has 2 aromatic carbocycles. The van der Waals surface area contributed by atoms with Crippen LogP contribution in [0.4, 0.5) is 5.69 Å². The number of hydrogen-bond acceptors (Lipinski definition) is 3. The van der Waals surface area contributed by atoms with E-state index in [2.05, 4.69) is 10.5 Å². The molecule has 0 radical (unpaired) electrons. The van der Waals surface area contributed by atoms with Crippen LogP contribution in [0.3, 0.4) is 0 Å². The van der Waals surface area contributed by atoms with Crippen molar-refractivity contribution in [2.75, 3.05) is 5.32 Å². The maximum absolute atomic E-state index is 12.5. The third kappa shape index (κ3) is 3.23. The minimum Gasteiger partial charge on any atom is -0.354 e. The SMILES string of the molecule is Cc1noc(-c2ccccc2)c1NC(=O)c1ccc(Cl)cc1Cl. The van der Waals surface area contributed by atoms with Gasteiger partial charge in [-0.1, -0.05) is 58.7 Å². The molecule has 0 aliphatic carbocycles. The minimum atomic E-state index is -0.352. The Labute approximate surface area is 143 Å². The van der Waals surface area contributed by atoms with Gasteiger partial charge in [0.15, 0.2) is 5.76 Å². The maximum Gasteiger partial charge on any atom is 0.257 e. The Kier molecular flexibility index (Phi) is 4.37. The van der Waals surface area contributed by atoms with Crippen LogP contribution < -0.4 is 5.32 Å². The van der Waals surface area contributed by atoms with Gasteiger partial charge in [0.25, 0.3) is 5.91 Å². The Morgan fingerprint density at radius 2 is 1.87 bits per heavy atom. The van der Waals surface area contributed by atoms with Crippen molar-refractivity contribution in [2.24, 2.45) is 0 Å². The van der Waals surface area contributed by atoms with E-state index < -0.39 is 0 Å². The quantitative estimate of drug-likeness (QED) is 0.708. The van der Waals surface area contributed by atoms with Gasteiger partial charge < -0.3 is 9.84 Å². The number of nitrogens with one attached hydrogen (secondary N) is 1. The van der Waals surface area contributed by atoms with E-state index in [1.54, 1.807) is 19.1 Å². The van der Waals surface area contributed by atoms with Gasteiger partial charge in [0.05, 0.1) is 10.6 Å². The zero-order chi connectivity index (χ0) is 16.4. The number of rotatable bonds is 3. The zero-order valence-corrected chi connectivity index (χ0v) is 13.7. The van der Waals surface area contributed by atoms with E-state index in [-0.39, 0.29) is 10.9 Å². The van der Waals surface area contributed by atoms with Crippen LogP contribution in [0.2, 0.25) is 10.0 Å². The number of carbonyl (C=O) groups is 1. The number of anilines is 1. The number of benzene rings is 2. The van der Waals surface area contributed by atoms with Crippen LogP contribution in [0.15, 0.2) is 53.1 Å². The fourth-order valence-corrected chi connectivity index (χ4v) is 2.65. The molecule has 23 heavy (non-hydrogen) atoms. The number of aryl methyl sites for hydroxylation is 1. The second-order valence-electron chi connectivity index (χ2n) is 4.92. The van der Waals surface area contributed by atoms with Crippen LogP contribution in [0, 0.1) is 6.92 Å². The van der Waals surface area contributed by atoms with Crippen LogP contribution in [0.5, 0.6) is 0 Å². The first-order valence-electron chi connectivity index (χ1n) is 6.84. The first-order valence-corrected chi connectivity index (χ1v) is 7.60. The summed E-state index contributed by atoms with van der Waals surface area (Å²) in [7, 11) is 0. The van der Waals surface area contributed by atoms with E-state index >= 15 is 0 Å². The number of aromatic nitrogens is 1. The number of amides is 1. The number of halogens is 2. The van der Waals surface area contributed by atoms with Gasteiger partial charge in [0.1, 0.15) is 11.4 Å². The lowest BCUT2D eigenvalue weighted by Crippen LogP contribution is -2.13. The van der Waals surface area contributed by atoms with Crippen molar-refractivity contribution < 1.29 is 9.32 Å². The smallest absolute Gasteiger partial charge is 0.257 e. The first-order chi connectivity index (χ1) is 11.1. The maximum atomic E-state index is 12.5. The molecule has 0 saturated heterocycles. The van der Waals surface area contributed by atoms with Gasteiger partial charge in [0.2, 0.25) is 0 Å². The lowest BCUT2D eigenvalue weighted by atomic mass is 10.1. The van der Waals surface area contributed by atoms with Crippen molar-refractivity contribution in [3.8, 4) is 11.3 Å². The summed E-state index contributed by atoms with van der Waals surface area (Å²) in [6.45, 7) is 1.76. The molecular formula is C17H12Cl2N2O2. The molecule has 0 bridgehead atoms. The summed E-state index contributed by atoms with van der Waals surface area (Å²) in [5, 5.41) is 7.50. The standard InChI is InChI=1S/C17H12Cl2N2O2/c1-10-15(16(23-21-10)11-5-3-2-4-6-11)20-17(22)13-8-7-12(18)9-14(13)19/h2-9H,1H3,(H,20,22). The van der Waals surface area contributed by atoms with Gasteiger partial charge >= 0.3 is 0 Å². The summed E-state index contributed by atoms with van der Waals surface area (Å²) in [4.78, 5) is 12.5. The van der Waals surface area contributed by atoms with Crippen molar-refractivity contribution in [3.05, 3.63) is 69.8 Å². The molecule has 3 aromatic rings. The summed E-state index contributed by atoms with van der Waals surface area (Å²) in [5.41, 5.74) is 2.26. The van der Waals surface area contributed by atoms with Gasteiger partial charge in [-0.3, -0.25) is 4.79 Å². The predicted octanol–water partition coefficient (Wildman–Crippen LogP) is 5.21. The molecule has 0 aliphatic rings. The highest BCUT2D eigenvalue weighted by molar-refractivity contribution is 6.37. The Balaban J connectivity index is 1.94. The fourth-order valence-electron chi connectivity index (χ4n) is 2.16. The Morgan fingerprint density at radius 1 is 1.13 bits per heavy atom. The van der Waals surface area contributed by atoms with Gasteiger partial charge in [-0.15, -0.1) is 0 Å². The van der Waals surface area contributed by atoms with Gasteiger partial charge in [-0.2, -0.15) is 0 Å². The van der Waals surface area contributed by atoms with Gasteiger partial charge in [0, 0.05) is 10.6 Å². The van der Waals surface area contributed by atoms with Crippen molar-refractivity contribution in [3.63, 3.8) is 0 Å². The molecule has 0 aliphatic heterocycles. The number of carbonyl (C=O) groups excluding carboxylic acids is 1. The van der Waals surface area contributed by atoms with Crippen molar-refractivity contribution in [2.45, 2.75) is 6.92 Å². The van der Waals surface area contributed by atoms with E-state index in [1.165, 1.54) is 6.07 Å². The molecule has 116 valence electrons. The monoisotopic (exact) mass is 346 g/mol. The van der Waals surface area contributed by atoms with Crippen LogP contribution in [0.25, 0.3) is 11.3 Å². The average molecular weight is 347 g/mol. The van der Waals surface area contributed by atoms with Crippen LogP contribution in [-0.2, 0) is 0 Å². The molecule has 0 unspecified atom stereocenters. The van der Waals surface area contributed by atoms with E-state index in [0.29, 0.717) is 27.7 Å². The Morgan fingerprint density at radius 3 is 2.57 bits per heavy atom. The summed E-state index contributed by atoms with van der Waals surface area (Å²) < 4.78 is 5.35. The Hall–Kier alpha value is -2.30. The van der Waals surface area contributed by atoms with Crippen molar-refractivity contribution in [1.29, 1.82) is 0 Å². The molecule has 1 aromatic heterocycles. The Bertz CT molecular complexity index is 860. The topological polar surface area (TPSA) is 55.1 Å². The fraction of sp³-hybridized carbons (Fsp3) is 0.0588. The van der Waals surface area contributed by atoms with E-state index in [1.807, 2.05) is 30.3 Å². The molecule has 3 rings (SSSR count). The van der Waals surface area contributed by atoms with Crippen LogP contribution >= 0.6 is 23.2 Å². The molecule has 1 amide bonds. The molecule has 1 N–H and O–H groups in total. The molecule has 4 nitrogen and oxygen atoms in total. The molecule has 0 fully saturated rings. The van der Waals surface area contributed by atoms with Crippen LogP contribution in [0.1, 0.15) is 16.1 Å². The first kappa shape index (κ1) is 15.6. The lowest BCUT2D eigenvalue weighted by molar-refractivity contribution is 0.102. The predicted molar refractivity (Wildman–Crippen MR) is 91.1 cm³/mol. The summed E-state index contributed by atoms with van der Waals surface area (Å²) in [5.74, 6) is 0.150. The van der Waals surface area contributed by atoms with Crippen LogP contribution in [-0.4, -0.2) is 11.1 Å². The molecule has 0 spiro atoms. The molecule has 6 heteroatoms. The normalized spacial score (nSPS) is 10.6. The van der Waals surface area contributed by atoms with Gasteiger partial charge in [-0.05, 0) is 25.1 Å². The number of hydrogen-bond donors (Lipinski definition) is 1. The lowest BCUT2D eigenvalue weighted by Gasteiger charge is -2.07. The van der Waals surface area contributed by atoms with Gasteiger partial charge in [-0.25, -0.2) is 0 Å². The zero-order valence-electron chi connectivity index (χ0n) is 12.1. The molecule has 0 atom stereocenters. The van der Waals surface area contributed by atoms with Crippen molar-refractivity contribution >= 4 is 34.8 Å². The van der Waals surface area contributed by atoms with E-state index in [9.17, 15) is 4.79 Å². The highest BCUT2D eigenvalue weighted by Crippen LogP contribution is 2.31.